The summed E-state index contributed by atoms with van der Waals surface area (Å²) in [7, 11) is 0. The molecule has 0 aliphatic carbocycles. The average molecular weight is 284 g/mol. The maximum atomic E-state index is 9.52. The van der Waals surface area contributed by atoms with Gasteiger partial charge in [0.05, 0.1) is 6.33 Å². The monoisotopic (exact) mass is 284 g/mol. The molecule has 0 saturated carbocycles. The number of pyridine rings is 1. The van der Waals surface area contributed by atoms with Crippen molar-refractivity contribution in [2.75, 3.05) is 18.5 Å². The minimum atomic E-state index is 0.0628. The van der Waals surface area contributed by atoms with E-state index in [9.17, 15) is 5.11 Å². The number of aromatic amines is 1. The lowest BCUT2D eigenvalue weighted by atomic mass is 10.0. The average Bonchev–Trinajstić information content (AvgIpc) is 3.01. The van der Waals surface area contributed by atoms with Crippen LogP contribution >= 0.6 is 0 Å². The first-order valence-electron chi connectivity index (χ1n) is 6.75. The first-order valence-corrected chi connectivity index (χ1v) is 6.75. The van der Waals surface area contributed by atoms with Crippen molar-refractivity contribution >= 4 is 17.0 Å². The molecule has 3 aromatic rings. The van der Waals surface area contributed by atoms with Crippen molar-refractivity contribution in [1.82, 2.24) is 24.9 Å². The van der Waals surface area contributed by atoms with Crippen LogP contribution in [-0.4, -0.2) is 43.2 Å². The van der Waals surface area contributed by atoms with Gasteiger partial charge in [-0.15, -0.1) is 0 Å². The van der Waals surface area contributed by atoms with Crippen molar-refractivity contribution in [2.45, 2.75) is 6.42 Å². The van der Waals surface area contributed by atoms with Gasteiger partial charge in [-0.3, -0.25) is 4.98 Å². The fourth-order valence-electron chi connectivity index (χ4n) is 2.16. The highest BCUT2D eigenvalue weighted by Crippen LogP contribution is 2.15. The quantitative estimate of drug-likeness (QED) is 0.624. The van der Waals surface area contributed by atoms with Gasteiger partial charge in [-0.05, 0) is 18.6 Å². The van der Waals surface area contributed by atoms with E-state index in [2.05, 4.69) is 30.2 Å². The molecule has 7 heteroatoms. The summed E-state index contributed by atoms with van der Waals surface area (Å²) in [5, 5.41) is 12.8. The van der Waals surface area contributed by atoms with Crippen molar-refractivity contribution in [3.63, 3.8) is 0 Å². The van der Waals surface area contributed by atoms with E-state index in [0.29, 0.717) is 24.4 Å². The highest BCUT2D eigenvalue weighted by molar-refractivity contribution is 5.81. The zero-order valence-corrected chi connectivity index (χ0v) is 11.4. The Labute approximate surface area is 121 Å². The van der Waals surface area contributed by atoms with Crippen LogP contribution in [0.5, 0.6) is 0 Å². The molecule has 0 radical (unpaired) electrons. The Morgan fingerprint density at radius 1 is 1.19 bits per heavy atom. The predicted octanol–water partition coefficient (Wildman–Crippen LogP) is 1.01. The molecule has 3 heterocycles. The van der Waals surface area contributed by atoms with Crippen LogP contribution in [-0.2, 0) is 6.42 Å². The van der Waals surface area contributed by atoms with Crippen molar-refractivity contribution in [3.05, 3.63) is 42.7 Å². The standard InChI is InChI=1S/C14H16N6O/c21-7-10(5-11-3-1-2-4-15-11)6-16-13-12-14(18-8-17-12)20-9-19-13/h1-4,8-10,21H,5-7H2,(H2,16,17,18,19,20). The maximum absolute atomic E-state index is 9.52. The molecule has 0 amide bonds. The summed E-state index contributed by atoms with van der Waals surface area (Å²) in [6.07, 6.45) is 5.53. The Morgan fingerprint density at radius 3 is 2.95 bits per heavy atom. The molecule has 1 atom stereocenters. The summed E-state index contributed by atoms with van der Waals surface area (Å²) in [6, 6.07) is 5.79. The van der Waals surface area contributed by atoms with E-state index < -0.39 is 0 Å². The smallest absolute Gasteiger partial charge is 0.182 e. The molecule has 0 aliphatic heterocycles. The number of H-pyrrole nitrogens is 1. The minimum absolute atomic E-state index is 0.0628. The molecule has 3 aromatic heterocycles. The van der Waals surface area contributed by atoms with Crippen molar-refractivity contribution < 1.29 is 5.11 Å². The number of fused-ring (bicyclic) bond motifs is 1. The minimum Gasteiger partial charge on any atom is -0.396 e. The largest absolute Gasteiger partial charge is 0.396 e. The molecule has 3 N–H and O–H groups in total. The molecular formula is C14H16N6O. The fraction of sp³-hybridized carbons (Fsp3) is 0.286. The van der Waals surface area contributed by atoms with Gasteiger partial charge in [-0.25, -0.2) is 15.0 Å². The first-order chi connectivity index (χ1) is 10.4. The van der Waals surface area contributed by atoms with Gasteiger partial charge in [-0.1, -0.05) is 6.07 Å². The molecule has 108 valence electrons. The Kier molecular flexibility index (Phi) is 4.02. The number of aromatic nitrogens is 5. The van der Waals surface area contributed by atoms with E-state index in [-0.39, 0.29) is 12.5 Å². The molecule has 21 heavy (non-hydrogen) atoms. The molecule has 0 aromatic carbocycles. The fourth-order valence-corrected chi connectivity index (χ4v) is 2.16. The van der Waals surface area contributed by atoms with Crippen LogP contribution in [0.1, 0.15) is 5.69 Å². The summed E-state index contributed by atoms with van der Waals surface area (Å²) in [5.41, 5.74) is 2.36. The lowest BCUT2D eigenvalue weighted by Gasteiger charge is -2.15. The third kappa shape index (κ3) is 3.14. The molecule has 0 aliphatic rings. The lowest BCUT2D eigenvalue weighted by Crippen LogP contribution is -2.21. The molecule has 0 saturated heterocycles. The summed E-state index contributed by atoms with van der Waals surface area (Å²) in [4.78, 5) is 19.6. The summed E-state index contributed by atoms with van der Waals surface area (Å²) in [5.74, 6) is 0.754. The zero-order chi connectivity index (χ0) is 14.5. The van der Waals surface area contributed by atoms with Gasteiger partial charge in [0.25, 0.3) is 0 Å². The summed E-state index contributed by atoms with van der Waals surface area (Å²) < 4.78 is 0. The first kappa shape index (κ1) is 13.4. The van der Waals surface area contributed by atoms with E-state index in [1.54, 1.807) is 12.5 Å². The SMILES string of the molecule is OCC(CNc1ncnc2nc[nH]c12)Cc1ccccn1. The molecule has 1 unspecified atom stereocenters. The lowest BCUT2D eigenvalue weighted by molar-refractivity contribution is 0.232. The number of hydrogen-bond donors (Lipinski definition) is 3. The van der Waals surface area contributed by atoms with Crippen molar-refractivity contribution in [3.8, 4) is 0 Å². The highest BCUT2D eigenvalue weighted by Gasteiger charge is 2.11. The summed E-state index contributed by atoms with van der Waals surface area (Å²) in [6.45, 7) is 0.680. The number of aliphatic hydroxyl groups is 1. The van der Waals surface area contributed by atoms with Crippen LogP contribution in [0, 0.1) is 5.92 Å². The molecule has 3 rings (SSSR count). The maximum Gasteiger partial charge on any atom is 0.182 e. The van der Waals surface area contributed by atoms with Crippen LogP contribution in [0.4, 0.5) is 5.82 Å². The molecule has 0 bridgehead atoms. The number of nitrogens with zero attached hydrogens (tertiary/aromatic N) is 4. The molecular weight excluding hydrogens is 268 g/mol. The number of rotatable bonds is 6. The van der Waals surface area contributed by atoms with E-state index in [0.717, 1.165) is 11.2 Å². The third-order valence-electron chi connectivity index (χ3n) is 3.26. The summed E-state index contributed by atoms with van der Waals surface area (Å²) >= 11 is 0. The zero-order valence-electron chi connectivity index (χ0n) is 11.4. The Morgan fingerprint density at radius 2 is 2.14 bits per heavy atom. The van der Waals surface area contributed by atoms with Crippen LogP contribution < -0.4 is 5.32 Å². The molecule has 0 spiro atoms. The Balaban J connectivity index is 1.66. The van der Waals surface area contributed by atoms with E-state index in [1.165, 1.54) is 6.33 Å². The van der Waals surface area contributed by atoms with Crippen LogP contribution in [0.25, 0.3) is 11.2 Å². The second-order valence-electron chi connectivity index (χ2n) is 4.78. The Hall–Kier alpha value is -2.54. The van der Waals surface area contributed by atoms with Crippen LogP contribution in [0.15, 0.2) is 37.1 Å². The van der Waals surface area contributed by atoms with Crippen molar-refractivity contribution in [1.29, 1.82) is 0 Å². The van der Waals surface area contributed by atoms with Gasteiger partial charge in [0, 0.05) is 31.0 Å². The number of anilines is 1. The number of aliphatic hydroxyl groups excluding tert-OH is 1. The highest BCUT2D eigenvalue weighted by atomic mass is 16.3. The van der Waals surface area contributed by atoms with Crippen LogP contribution in [0.3, 0.4) is 0 Å². The van der Waals surface area contributed by atoms with Crippen LogP contribution in [0.2, 0.25) is 0 Å². The van der Waals surface area contributed by atoms with E-state index in [4.69, 9.17) is 0 Å². The molecule has 7 nitrogen and oxygen atoms in total. The number of nitrogens with one attached hydrogen (secondary N) is 2. The third-order valence-corrected chi connectivity index (χ3v) is 3.26. The van der Waals surface area contributed by atoms with Gasteiger partial charge in [0.15, 0.2) is 11.5 Å². The number of imidazole rings is 1. The predicted molar refractivity (Wildman–Crippen MR) is 78.7 cm³/mol. The van der Waals surface area contributed by atoms with Crippen molar-refractivity contribution in [2.24, 2.45) is 5.92 Å². The number of hydrogen-bond acceptors (Lipinski definition) is 6. The van der Waals surface area contributed by atoms with Gasteiger partial charge >= 0.3 is 0 Å². The molecule has 0 fully saturated rings. The second-order valence-corrected chi connectivity index (χ2v) is 4.78. The van der Waals surface area contributed by atoms with E-state index >= 15 is 0 Å². The van der Waals surface area contributed by atoms with Gasteiger partial charge in [0.1, 0.15) is 11.8 Å². The van der Waals surface area contributed by atoms with Gasteiger partial charge < -0.3 is 15.4 Å². The van der Waals surface area contributed by atoms with Gasteiger partial charge in [0.2, 0.25) is 0 Å². The Bertz CT molecular complexity index is 699. The van der Waals surface area contributed by atoms with Gasteiger partial charge in [-0.2, -0.15) is 0 Å². The van der Waals surface area contributed by atoms with E-state index in [1.807, 2.05) is 18.2 Å². The topological polar surface area (TPSA) is 99.6 Å². The normalized spacial score (nSPS) is 12.4. The second kappa shape index (κ2) is 6.27.